The Morgan fingerprint density at radius 1 is 1.11 bits per heavy atom. The number of piperidine rings is 1. The number of morpholine rings is 1. The molecule has 2 aromatic carbocycles. The average molecular weight is 522 g/mol. The van der Waals surface area contributed by atoms with Crippen molar-refractivity contribution in [1.82, 2.24) is 15.1 Å². The van der Waals surface area contributed by atoms with Gasteiger partial charge in [-0.05, 0) is 26.0 Å². The Hall–Kier alpha value is -3.56. The Morgan fingerprint density at radius 2 is 1.82 bits per heavy atom. The van der Waals surface area contributed by atoms with Crippen molar-refractivity contribution in [3.63, 3.8) is 0 Å². The number of fused-ring (bicyclic) bond motifs is 1. The number of halogens is 1. The molecule has 3 aliphatic heterocycles. The summed E-state index contributed by atoms with van der Waals surface area (Å²) in [6.45, 7) is 9.90. The predicted octanol–water partition coefficient (Wildman–Crippen LogP) is 3.19. The molecule has 3 heterocycles. The Kier molecular flexibility index (Phi) is 7.32. The van der Waals surface area contributed by atoms with Gasteiger partial charge in [0.25, 0.3) is 5.91 Å². The molecule has 5 rings (SSSR count). The SMILES string of the molecule is C=CC1CC(=O)NC(=O)[C@H]1N1Cc2c(OCc3cccc(CN4CC(C)OC(C)C4)c3F)cccc2C1=O. The van der Waals surface area contributed by atoms with Crippen molar-refractivity contribution in [3.8, 4) is 5.75 Å². The topological polar surface area (TPSA) is 88.2 Å². The fourth-order valence-corrected chi connectivity index (χ4v) is 5.73. The quantitative estimate of drug-likeness (QED) is 0.445. The van der Waals surface area contributed by atoms with Crippen LogP contribution in [0.15, 0.2) is 49.1 Å². The minimum absolute atomic E-state index is 0.00602. The minimum Gasteiger partial charge on any atom is -0.488 e. The molecule has 9 heteroatoms. The number of hydrogen-bond acceptors (Lipinski definition) is 6. The molecule has 1 N–H and O–H groups in total. The monoisotopic (exact) mass is 521 g/mol. The summed E-state index contributed by atoms with van der Waals surface area (Å²) in [4.78, 5) is 41.4. The number of carbonyl (C=O) groups excluding carboxylic acids is 3. The molecule has 2 aromatic rings. The van der Waals surface area contributed by atoms with E-state index in [0.29, 0.717) is 34.5 Å². The van der Waals surface area contributed by atoms with E-state index in [2.05, 4.69) is 16.8 Å². The molecule has 0 aromatic heterocycles. The van der Waals surface area contributed by atoms with Crippen LogP contribution in [-0.4, -0.2) is 58.9 Å². The summed E-state index contributed by atoms with van der Waals surface area (Å²) in [6.07, 6.45) is 1.82. The first-order valence-electron chi connectivity index (χ1n) is 12.9. The zero-order chi connectivity index (χ0) is 27.0. The van der Waals surface area contributed by atoms with E-state index in [1.165, 1.54) is 4.90 Å². The number of carbonyl (C=O) groups is 3. The van der Waals surface area contributed by atoms with E-state index in [4.69, 9.17) is 9.47 Å². The van der Waals surface area contributed by atoms with Gasteiger partial charge >= 0.3 is 0 Å². The number of rotatable bonds is 7. The van der Waals surface area contributed by atoms with Gasteiger partial charge in [-0.1, -0.05) is 30.3 Å². The second-order valence-corrected chi connectivity index (χ2v) is 10.3. The third-order valence-corrected chi connectivity index (χ3v) is 7.38. The molecular weight excluding hydrogens is 489 g/mol. The van der Waals surface area contributed by atoms with Gasteiger partial charge in [0.15, 0.2) is 0 Å². The van der Waals surface area contributed by atoms with Gasteiger partial charge in [0.05, 0.1) is 18.8 Å². The second-order valence-electron chi connectivity index (χ2n) is 10.3. The number of ether oxygens (including phenoxy) is 2. The molecule has 2 saturated heterocycles. The van der Waals surface area contributed by atoms with Gasteiger partial charge in [0.2, 0.25) is 11.8 Å². The molecule has 38 heavy (non-hydrogen) atoms. The lowest BCUT2D eigenvalue weighted by Gasteiger charge is -2.35. The maximum Gasteiger partial charge on any atom is 0.255 e. The average Bonchev–Trinajstić information content (AvgIpc) is 3.20. The van der Waals surface area contributed by atoms with Crippen LogP contribution in [0, 0.1) is 11.7 Å². The molecular formula is C29H32FN3O5. The van der Waals surface area contributed by atoms with Crippen molar-refractivity contribution in [2.45, 2.75) is 58.2 Å². The lowest BCUT2D eigenvalue weighted by Crippen LogP contribution is -2.56. The van der Waals surface area contributed by atoms with Crippen LogP contribution < -0.4 is 10.1 Å². The molecule has 200 valence electrons. The first-order chi connectivity index (χ1) is 18.2. The lowest BCUT2D eigenvalue weighted by atomic mass is 9.90. The van der Waals surface area contributed by atoms with Crippen LogP contribution in [0.25, 0.3) is 0 Å². The summed E-state index contributed by atoms with van der Waals surface area (Å²) >= 11 is 0. The standard InChI is InChI=1S/C29H32FN3O5/c1-4-19-11-25(34)31-28(35)27(19)33-15-23-22(29(33)36)9-6-10-24(23)37-16-21-8-5-7-20(26(21)30)14-32-12-17(2)38-18(3)13-32/h4-10,17-19,27H,1,11-16H2,2-3H3,(H,31,34,35)/t17?,18?,19?,27-/m0/s1. The fourth-order valence-electron chi connectivity index (χ4n) is 5.73. The van der Waals surface area contributed by atoms with Gasteiger partial charge in [-0.2, -0.15) is 0 Å². The molecule has 0 bridgehead atoms. The van der Waals surface area contributed by atoms with Crippen molar-refractivity contribution in [2.75, 3.05) is 13.1 Å². The van der Waals surface area contributed by atoms with Crippen LogP contribution in [0.3, 0.4) is 0 Å². The van der Waals surface area contributed by atoms with Gasteiger partial charge in [0.1, 0.15) is 24.2 Å². The summed E-state index contributed by atoms with van der Waals surface area (Å²) in [5.41, 5.74) is 2.09. The van der Waals surface area contributed by atoms with Crippen molar-refractivity contribution >= 4 is 17.7 Å². The van der Waals surface area contributed by atoms with Gasteiger partial charge in [-0.25, -0.2) is 4.39 Å². The summed E-state index contributed by atoms with van der Waals surface area (Å²) in [5, 5.41) is 2.32. The lowest BCUT2D eigenvalue weighted by molar-refractivity contribution is -0.138. The molecule has 2 fully saturated rings. The Morgan fingerprint density at radius 3 is 2.55 bits per heavy atom. The zero-order valence-electron chi connectivity index (χ0n) is 21.6. The Labute approximate surface area is 221 Å². The normalized spacial score (nSPS) is 25.8. The van der Waals surface area contributed by atoms with Crippen molar-refractivity contribution in [2.24, 2.45) is 5.92 Å². The van der Waals surface area contributed by atoms with Crippen LogP contribution in [0.1, 0.15) is 47.3 Å². The van der Waals surface area contributed by atoms with Crippen LogP contribution >= 0.6 is 0 Å². The Bertz CT molecular complexity index is 1270. The molecule has 0 saturated carbocycles. The largest absolute Gasteiger partial charge is 0.488 e. The van der Waals surface area contributed by atoms with Crippen molar-refractivity contribution in [3.05, 3.63) is 77.1 Å². The number of hydrogen-bond donors (Lipinski definition) is 1. The van der Waals surface area contributed by atoms with E-state index in [1.807, 2.05) is 19.9 Å². The molecule has 8 nitrogen and oxygen atoms in total. The first-order valence-corrected chi connectivity index (χ1v) is 12.9. The molecule has 4 atom stereocenters. The van der Waals surface area contributed by atoms with Gasteiger partial charge < -0.3 is 14.4 Å². The van der Waals surface area contributed by atoms with E-state index in [-0.39, 0.29) is 49.4 Å². The fraction of sp³-hybridized carbons (Fsp3) is 0.414. The van der Waals surface area contributed by atoms with Gasteiger partial charge in [-0.3, -0.25) is 24.6 Å². The number of imide groups is 1. The maximum atomic E-state index is 15.4. The molecule has 3 unspecified atom stereocenters. The van der Waals surface area contributed by atoms with Crippen molar-refractivity contribution in [1.29, 1.82) is 0 Å². The number of benzene rings is 2. The van der Waals surface area contributed by atoms with E-state index in [1.54, 1.807) is 36.4 Å². The highest BCUT2D eigenvalue weighted by Crippen LogP contribution is 2.35. The predicted molar refractivity (Wildman–Crippen MR) is 138 cm³/mol. The van der Waals surface area contributed by atoms with E-state index in [0.717, 1.165) is 13.1 Å². The van der Waals surface area contributed by atoms with E-state index < -0.39 is 17.9 Å². The van der Waals surface area contributed by atoms with Crippen LogP contribution in [0.2, 0.25) is 0 Å². The molecule has 3 aliphatic rings. The third kappa shape index (κ3) is 5.08. The summed E-state index contributed by atoms with van der Waals surface area (Å²) in [6, 6.07) is 9.60. The van der Waals surface area contributed by atoms with Gasteiger partial charge in [0, 0.05) is 54.2 Å². The summed E-state index contributed by atoms with van der Waals surface area (Å²) < 4.78 is 27.3. The van der Waals surface area contributed by atoms with E-state index in [9.17, 15) is 14.4 Å². The summed E-state index contributed by atoms with van der Waals surface area (Å²) in [5.74, 6) is -1.53. The van der Waals surface area contributed by atoms with Crippen LogP contribution in [-0.2, 0) is 34.0 Å². The maximum absolute atomic E-state index is 15.4. The first kappa shape index (κ1) is 26.1. The number of nitrogens with zero attached hydrogens (tertiary/aromatic N) is 2. The zero-order valence-corrected chi connectivity index (χ0v) is 21.6. The molecule has 0 radical (unpaired) electrons. The molecule has 0 spiro atoms. The molecule has 0 aliphatic carbocycles. The Balaban J connectivity index is 1.31. The minimum atomic E-state index is -0.835. The second kappa shape index (κ2) is 10.7. The number of nitrogens with one attached hydrogen (secondary N) is 1. The van der Waals surface area contributed by atoms with Crippen LogP contribution in [0.4, 0.5) is 4.39 Å². The van der Waals surface area contributed by atoms with Gasteiger partial charge in [-0.15, -0.1) is 6.58 Å². The molecule has 3 amide bonds. The summed E-state index contributed by atoms with van der Waals surface area (Å²) in [7, 11) is 0. The highest BCUT2D eigenvalue weighted by Gasteiger charge is 2.44. The van der Waals surface area contributed by atoms with E-state index >= 15 is 4.39 Å². The smallest absolute Gasteiger partial charge is 0.255 e. The number of amides is 3. The highest BCUT2D eigenvalue weighted by molar-refractivity contribution is 6.06. The third-order valence-electron chi connectivity index (χ3n) is 7.38. The van der Waals surface area contributed by atoms with Crippen molar-refractivity contribution < 1.29 is 28.2 Å². The van der Waals surface area contributed by atoms with Crippen LogP contribution in [0.5, 0.6) is 5.75 Å². The highest BCUT2D eigenvalue weighted by atomic mass is 19.1.